The third kappa shape index (κ3) is 6.38. The minimum Gasteiger partial charge on any atom is -0.383 e. The van der Waals surface area contributed by atoms with Gasteiger partial charge in [-0.3, -0.25) is 4.79 Å². The quantitative estimate of drug-likeness (QED) is 0.557. The van der Waals surface area contributed by atoms with Crippen LogP contribution in [-0.2, 0) is 22.6 Å². The lowest BCUT2D eigenvalue weighted by Crippen LogP contribution is -2.43. The first kappa shape index (κ1) is 19.2. The molecule has 1 aliphatic heterocycles. The molecule has 6 heteroatoms. The molecule has 25 heavy (non-hydrogen) atoms. The summed E-state index contributed by atoms with van der Waals surface area (Å²) in [7, 11) is 1.69. The number of ether oxygens (including phenoxy) is 1. The van der Waals surface area contributed by atoms with Crippen molar-refractivity contribution < 1.29 is 9.53 Å². The fourth-order valence-corrected chi connectivity index (χ4v) is 2.93. The largest absolute Gasteiger partial charge is 0.383 e. The number of aliphatic imine (C=N–C) groups is 1. The summed E-state index contributed by atoms with van der Waals surface area (Å²) in [5.41, 5.74) is 2.30. The summed E-state index contributed by atoms with van der Waals surface area (Å²) in [6.07, 6.45) is 1.65. The van der Waals surface area contributed by atoms with Crippen LogP contribution in [0.25, 0.3) is 0 Å². The number of methoxy groups -OCH3 is 1. The maximum atomic E-state index is 11.8. The molecule has 0 aromatic heterocycles. The minimum absolute atomic E-state index is 0.190. The summed E-state index contributed by atoms with van der Waals surface area (Å²) in [6.45, 7) is 7.70. The Morgan fingerprint density at radius 3 is 2.88 bits per heavy atom. The third-order valence-electron chi connectivity index (χ3n) is 4.10. The van der Waals surface area contributed by atoms with Crippen LogP contribution < -0.4 is 10.6 Å². The number of carbonyl (C=O) groups excluding carboxylic acids is 1. The minimum atomic E-state index is 0.190. The van der Waals surface area contributed by atoms with Crippen molar-refractivity contribution in [3.05, 3.63) is 35.4 Å². The molecular formula is C19H30N4O2. The zero-order chi connectivity index (χ0) is 18.1. The number of guanidine groups is 1. The normalized spacial score (nSPS) is 16.2. The van der Waals surface area contributed by atoms with Crippen molar-refractivity contribution in [2.75, 3.05) is 26.8 Å². The van der Waals surface area contributed by atoms with E-state index in [0.717, 1.165) is 36.6 Å². The van der Waals surface area contributed by atoms with Gasteiger partial charge in [0.1, 0.15) is 0 Å². The van der Waals surface area contributed by atoms with E-state index in [0.29, 0.717) is 26.1 Å². The van der Waals surface area contributed by atoms with Gasteiger partial charge in [0.05, 0.1) is 13.2 Å². The molecule has 1 saturated heterocycles. The van der Waals surface area contributed by atoms with E-state index in [1.165, 1.54) is 0 Å². The molecule has 1 amide bonds. The van der Waals surface area contributed by atoms with Crippen LogP contribution in [0.5, 0.6) is 0 Å². The average Bonchev–Trinajstić information content (AvgIpc) is 2.98. The van der Waals surface area contributed by atoms with Gasteiger partial charge < -0.3 is 20.3 Å². The first-order valence-electron chi connectivity index (χ1n) is 9.01. The molecule has 1 unspecified atom stereocenters. The number of hydrogen-bond acceptors (Lipinski definition) is 3. The van der Waals surface area contributed by atoms with Crippen molar-refractivity contribution >= 4 is 11.9 Å². The standard InChI is InChI=1S/C19H30N4O2/c1-4-20-19(22-15(2)14-25-3)21-12-16-7-5-8-17(11-16)13-23-10-6-9-18(23)24/h5,7-8,11,15H,4,6,9-10,12-14H2,1-3H3,(H2,20,21,22). The predicted molar refractivity (Wildman–Crippen MR) is 100 cm³/mol. The van der Waals surface area contributed by atoms with Gasteiger partial charge in [-0.1, -0.05) is 24.3 Å². The Balaban J connectivity index is 1.97. The Morgan fingerprint density at radius 2 is 2.20 bits per heavy atom. The second-order valence-corrected chi connectivity index (χ2v) is 6.43. The van der Waals surface area contributed by atoms with Crippen LogP contribution in [-0.4, -0.2) is 49.6 Å². The zero-order valence-electron chi connectivity index (χ0n) is 15.5. The summed E-state index contributed by atoms with van der Waals surface area (Å²) < 4.78 is 5.16. The monoisotopic (exact) mass is 346 g/mol. The topological polar surface area (TPSA) is 66.0 Å². The molecule has 0 aliphatic carbocycles. The van der Waals surface area contributed by atoms with E-state index in [9.17, 15) is 4.79 Å². The smallest absolute Gasteiger partial charge is 0.222 e. The number of nitrogens with one attached hydrogen (secondary N) is 2. The van der Waals surface area contributed by atoms with E-state index in [2.05, 4.69) is 40.7 Å². The van der Waals surface area contributed by atoms with Crippen LogP contribution in [0, 0.1) is 0 Å². The number of carbonyl (C=O) groups is 1. The highest BCUT2D eigenvalue weighted by atomic mass is 16.5. The van der Waals surface area contributed by atoms with Crippen molar-refractivity contribution in [3.63, 3.8) is 0 Å². The summed E-state index contributed by atoms with van der Waals surface area (Å²) in [5, 5.41) is 6.58. The third-order valence-corrected chi connectivity index (χ3v) is 4.10. The van der Waals surface area contributed by atoms with Crippen molar-refractivity contribution in [1.29, 1.82) is 0 Å². The molecule has 2 rings (SSSR count). The Kier molecular flexibility index (Phi) is 7.73. The molecule has 1 aliphatic rings. The molecule has 1 atom stereocenters. The van der Waals surface area contributed by atoms with Crippen LogP contribution in [0.3, 0.4) is 0 Å². The number of rotatable bonds is 8. The second-order valence-electron chi connectivity index (χ2n) is 6.43. The molecule has 1 fully saturated rings. The number of nitrogens with zero attached hydrogens (tertiary/aromatic N) is 2. The van der Waals surface area contributed by atoms with Gasteiger partial charge in [0.25, 0.3) is 0 Å². The zero-order valence-corrected chi connectivity index (χ0v) is 15.5. The number of likely N-dealkylation sites (tertiary alicyclic amines) is 1. The van der Waals surface area contributed by atoms with E-state index in [-0.39, 0.29) is 11.9 Å². The highest BCUT2D eigenvalue weighted by Gasteiger charge is 2.19. The highest BCUT2D eigenvalue weighted by Crippen LogP contribution is 2.15. The van der Waals surface area contributed by atoms with E-state index in [1.54, 1.807) is 7.11 Å². The lowest BCUT2D eigenvalue weighted by Gasteiger charge is -2.17. The summed E-state index contributed by atoms with van der Waals surface area (Å²) >= 11 is 0. The van der Waals surface area contributed by atoms with Gasteiger partial charge in [0, 0.05) is 39.2 Å². The Morgan fingerprint density at radius 1 is 1.40 bits per heavy atom. The molecule has 0 spiro atoms. The summed E-state index contributed by atoms with van der Waals surface area (Å²) in [5.74, 6) is 1.04. The van der Waals surface area contributed by atoms with Gasteiger partial charge in [-0.25, -0.2) is 4.99 Å². The van der Waals surface area contributed by atoms with E-state index in [1.807, 2.05) is 17.9 Å². The lowest BCUT2D eigenvalue weighted by atomic mass is 10.1. The number of hydrogen-bond donors (Lipinski definition) is 2. The van der Waals surface area contributed by atoms with E-state index < -0.39 is 0 Å². The molecule has 0 radical (unpaired) electrons. The fraction of sp³-hybridized carbons (Fsp3) is 0.579. The SMILES string of the molecule is CCNC(=NCc1cccc(CN2CCCC2=O)c1)NC(C)COC. The van der Waals surface area contributed by atoms with E-state index >= 15 is 0 Å². The summed E-state index contributed by atoms with van der Waals surface area (Å²) in [6, 6.07) is 8.51. The van der Waals surface area contributed by atoms with Crippen LogP contribution >= 0.6 is 0 Å². The fourth-order valence-electron chi connectivity index (χ4n) is 2.93. The van der Waals surface area contributed by atoms with Gasteiger partial charge in [-0.05, 0) is 31.4 Å². The average molecular weight is 346 g/mol. The molecule has 0 saturated carbocycles. The van der Waals surface area contributed by atoms with Crippen LogP contribution in [0.4, 0.5) is 0 Å². The molecule has 1 aromatic carbocycles. The van der Waals surface area contributed by atoms with Gasteiger partial charge >= 0.3 is 0 Å². The van der Waals surface area contributed by atoms with Crippen LogP contribution in [0.2, 0.25) is 0 Å². The Bertz CT molecular complexity index is 589. The predicted octanol–water partition coefficient (Wildman–Crippen LogP) is 1.90. The number of benzene rings is 1. The van der Waals surface area contributed by atoms with Crippen molar-refractivity contribution in [2.24, 2.45) is 4.99 Å². The first-order chi connectivity index (χ1) is 12.1. The van der Waals surface area contributed by atoms with Crippen molar-refractivity contribution in [1.82, 2.24) is 15.5 Å². The highest BCUT2D eigenvalue weighted by molar-refractivity contribution is 5.80. The lowest BCUT2D eigenvalue weighted by molar-refractivity contribution is -0.128. The van der Waals surface area contributed by atoms with Gasteiger partial charge in [0.2, 0.25) is 5.91 Å². The number of amides is 1. The maximum absolute atomic E-state index is 11.8. The molecule has 138 valence electrons. The van der Waals surface area contributed by atoms with Crippen molar-refractivity contribution in [2.45, 2.75) is 45.8 Å². The molecule has 2 N–H and O–H groups in total. The van der Waals surface area contributed by atoms with Crippen LogP contribution in [0.15, 0.2) is 29.3 Å². The van der Waals surface area contributed by atoms with E-state index in [4.69, 9.17) is 4.74 Å². The molecule has 1 aromatic rings. The maximum Gasteiger partial charge on any atom is 0.222 e. The molecule has 0 bridgehead atoms. The first-order valence-corrected chi connectivity index (χ1v) is 9.01. The molecule has 6 nitrogen and oxygen atoms in total. The van der Waals surface area contributed by atoms with Gasteiger partial charge in [0.15, 0.2) is 5.96 Å². The van der Waals surface area contributed by atoms with Gasteiger partial charge in [-0.2, -0.15) is 0 Å². The molecule has 1 heterocycles. The summed E-state index contributed by atoms with van der Waals surface area (Å²) in [4.78, 5) is 18.4. The van der Waals surface area contributed by atoms with Crippen molar-refractivity contribution in [3.8, 4) is 0 Å². The molecular weight excluding hydrogens is 316 g/mol. The Hall–Kier alpha value is -2.08. The Labute approximate surface area is 150 Å². The van der Waals surface area contributed by atoms with Gasteiger partial charge in [-0.15, -0.1) is 0 Å². The second kappa shape index (κ2) is 10.0. The van der Waals surface area contributed by atoms with Crippen LogP contribution in [0.1, 0.15) is 37.8 Å².